The minimum absolute atomic E-state index is 0.0710. The van der Waals surface area contributed by atoms with Gasteiger partial charge >= 0.3 is 0 Å². The van der Waals surface area contributed by atoms with E-state index in [1.807, 2.05) is 41.1 Å². The Hall–Kier alpha value is -4.30. The Bertz CT molecular complexity index is 1620. The summed E-state index contributed by atoms with van der Waals surface area (Å²) in [6.45, 7) is 8.01. The van der Waals surface area contributed by atoms with Crippen LogP contribution in [-0.2, 0) is 26.1 Å². The van der Waals surface area contributed by atoms with Gasteiger partial charge in [0.05, 0.1) is 19.7 Å². The van der Waals surface area contributed by atoms with Crippen molar-refractivity contribution in [3.63, 3.8) is 0 Å². The lowest BCUT2D eigenvalue weighted by atomic mass is 10.0. The summed E-state index contributed by atoms with van der Waals surface area (Å²) < 4.78 is 7.16. The lowest BCUT2D eigenvalue weighted by Crippen LogP contribution is -2.32. The Balaban J connectivity index is 1.50. The summed E-state index contributed by atoms with van der Waals surface area (Å²) in [5.74, 6) is 1.58. The molecule has 0 amide bonds. The number of fused-ring (bicyclic) bond motifs is 1. The smallest absolute Gasteiger partial charge is 0.252 e. The van der Waals surface area contributed by atoms with E-state index in [1.165, 1.54) is 16.7 Å². The van der Waals surface area contributed by atoms with Gasteiger partial charge in [0.2, 0.25) is 0 Å². The minimum atomic E-state index is -0.105. The molecule has 5 rings (SSSR count). The first-order valence-electron chi connectivity index (χ1n) is 13.8. The number of aryl methyl sites for hydroxylation is 2. The van der Waals surface area contributed by atoms with Crippen LogP contribution in [-0.4, -0.2) is 37.2 Å². The van der Waals surface area contributed by atoms with E-state index in [1.54, 1.807) is 7.11 Å². The number of aromatic amines is 1. The van der Waals surface area contributed by atoms with E-state index in [4.69, 9.17) is 4.74 Å². The Morgan fingerprint density at radius 1 is 0.925 bits per heavy atom. The summed E-state index contributed by atoms with van der Waals surface area (Å²) in [5, 5.41) is 13.9. The molecule has 0 saturated carbocycles. The molecule has 0 bridgehead atoms. The van der Waals surface area contributed by atoms with E-state index in [2.05, 4.69) is 82.6 Å². The number of benzene rings is 3. The zero-order chi connectivity index (χ0) is 28.1. The van der Waals surface area contributed by atoms with Crippen LogP contribution >= 0.6 is 0 Å². The first-order chi connectivity index (χ1) is 19.5. The molecule has 0 spiro atoms. The van der Waals surface area contributed by atoms with Gasteiger partial charge in [-0.05, 0) is 82.6 Å². The first kappa shape index (κ1) is 27.3. The maximum absolute atomic E-state index is 13.2. The fraction of sp³-hybridized carbons (Fsp3) is 0.312. The summed E-state index contributed by atoms with van der Waals surface area (Å²) in [6.07, 6.45) is 1.72. The SMILES string of the molecule is CCc1ccc2[nH]c(=O)c(CN(Cc3ccc(C)cc3)C(CC)c3nnnn3Cc3ccc(OC)cc3)cc2c1. The van der Waals surface area contributed by atoms with E-state index in [0.717, 1.165) is 46.4 Å². The van der Waals surface area contributed by atoms with Crippen molar-refractivity contribution in [3.05, 3.63) is 117 Å². The monoisotopic (exact) mass is 536 g/mol. The number of H-pyrrole nitrogens is 1. The van der Waals surface area contributed by atoms with Gasteiger partial charge in [-0.1, -0.05) is 61.9 Å². The second-order valence-corrected chi connectivity index (χ2v) is 10.3. The largest absolute Gasteiger partial charge is 0.497 e. The van der Waals surface area contributed by atoms with E-state index >= 15 is 0 Å². The predicted octanol–water partition coefficient (Wildman–Crippen LogP) is 5.60. The Morgan fingerprint density at radius 3 is 2.35 bits per heavy atom. The quantitative estimate of drug-likeness (QED) is 0.237. The molecule has 1 N–H and O–H groups in total. The molecule has 8 heteroatoms. The highest BCUT2D eigenvalue weighted by molar-refractivity contribution is 5.79. The third kappa shape index (κ3) is 6.13. The number of ether oxygens (including phenoxy) is 1. The Labute approximate surface area is 234 Å². The Morgan fingerprint density at radius 2 is 1.65 bits per heavy atom. The number of tetrazole rings is 1. The summed E-state index contributed by atoms with van der Waals surface area (Å²) in [5.41, 5.74) is 6.20. The van der Waals surface area contributed by atoms with E-state index < -0.39 is 0 Å². The lowest BCUT2D eigenvalue weighted by Gasteiger charge is -2.30. The molecule has 1 atom stereocenters. The molecule has 0 fully saturated rings. The summed E-state index contributed by atoms with van der Waals surface area (Å²) in [7, 11) is 1.66. The van der Waals surface area contributed by atoms with Gasteiger partial charge in [0.1, 0.15) is 5.75 Å². The summed E-state index contributed by atoms with van der Waals surface area (Å²) in [4.78, 5) is 18.6. The van der Waals surface area contributed by atoms with Crippen LogP contribution in [0.4, 0.5) is 0 Å². The number of nitrogens with one attached hydrogen (secondary N) is 1. The van der Waals surface area contributed by atoms with Crippen molar-refractivity contribution in [2.75, 3.05) is 7.11 Å². The topological polar surface area (TPSA) is 88.9 Å². The van der Waals surface area contributed by atoms with Crippen molar-refractivity contribution in [3.8, 4) is 5.75 Å². The van der Waals surface area contributed by atoms with Crippen molar-refractivity contribution in [2.45, 2.75) is 59.3 Å². The highest BCUT2D eigenvalue weighted by Crippen LogP contribution is 2.27. The van der Waals surface area contributed by atoms with Crippen LogP contribution in [0, 0.1) is 6.92 Å². The van der Waals surface area contributed by atoms with Crippen LogP contribution in [0.25, 0.3) is 10.9 Å². The number of nitrogens with zero attached hydrogens (tertiary/aromatic N) is 5. The van der Waals surface area contributed by atoms with Crippen molar-refractivity contribution in [1.82, 2.24) is 30.1 Å². The molecular weight excluding hydrogens is 500 g/mol. The van der Waals surface area contributed by atoms with Gasteiger partial charge in [-0.2, -0.15) is 0 Å². The molecule has 8 nitrogen and oxygen atoms in total. The summed E-state index contributed by atoms with van der Waals surface area (Å²) in [6, 6.07) is 24.6. The van der Waals surface area contributed by atoms with Crippen molar-refractivity contribution in [2.24, 2.45) is 0 Å². The molecule has 3 aromatic carbocycles. The van der Waals surface area contributed by atoms with Crippen LogP contribution in [0.5, 0.6) is 5.75 Å². The molecule has 5 aromatic rings. The zero-order valence-corrected chi connectivity index (χ0v) is 23.6. The first-order valence-corrected chi connectivity index (χ1v) is 13.8. The lowest BCUT2D eigenvalue weighted by molar-refractivity contribution is 0.161. The van der Waals surface area contributed by atoms with Gasteiger partial charge in [-0.15, -0.1) is 5.10 Å². The number of hydrogen-bond donors (Lipinski definition) is 1. The van der Waals surface area contributed by atoms with Gasteiger partial charge in [-0.3, -0.25) is 9.69 Å². The van der Waals surface area contributed by atoms with E-state index in [0.29, 0.717) is 19.6 Å². The molecule has 0 radical (unpaired) electrons. The third-order valence-electron chi connectivity index (χ3n) is 7.45. The number of aromatic nitrogens is 5. The van der Waals surface area contributed by atoms with E-state index in [-0.39, 0.29) is 11.6 Å². The van der Waals surface area contributed by atoms with Gasteiger partial charge in [0.15, 0.2) is 5.82 Å². The van der Waals surface area contributed by atoms with Crippen LogP contribution in [0.1, 0.15) is 60.0 Å². The number of methoxy groups -OCH3 is 1. The number of pyridine rings is 1. The molecule has 0 saturated heterocycles. The molecule has 2 aromatic heterocycles. The highest BCUT2D eigenvalue weighted by atomic mass is 16.5. The van der Waals surface area contributed by atoms with Crippen LogP contribution in [0.15, 0.2) is 77.6 Å². The molecule has 1 unspecified atom stereocenters. The fourth-order valence-corrected chi connectivity index (χ4v) is 5.13. The zero-order valence-electron chi connectivity index (χ0n) is 23.6. The molecule has 40 heavy (non-hydrogen) atoms. The van der Waals surface area contributed by atoms with Crippen LogP contribution in [0.3, 0.4) is 0 Å². The average molecular weight is 537 g/mol. The second kappa shape index (κ2) is 12.3. The average Bonchev–Trinajstić information content (AvgIpc) is 3.42. The fourth-order valence-electron chi connectivity index (χ4n) is 5.13. The molecule has 206 valence electrons. The number of rotatable bonds is 11. The third-order valence-corrected chi connectivity index (χ3v) is 7.45. The maximum atomic E-state index is 13.2. The van der Waals surface area contributed by atoms with Gasteiger partial charge in [0.25, 0.3) is 5.56 Å². The van der Waals surface area contributed by atoms with Crippen molar-refractivity contribution >= 4 is 10.9 Å². The van der Waals surface area contributed by atoms with Gasteiger partial charge in [0, 0.05) is 24.2 Å². The standard InChI is InChI=1S/C32H36N6O2/c1-5-23-13-16-29-26(17-23)18-27(32(39)33-29)21-37(19-24-9-7-22(3)8-10-24)30(6-2)31-34-35-36-38(31)20-25-11-14-28(40-4)15-12-25/h7-18,30H,5-6,19-21H2,1-4H3,(H,33,39). The van der Waals surface area contributed by atoms with E-state index in [9.17, 15) is 4.79 Å². The van der Waals surface area contributed by atoms with Crippen molar-refractivity contribution in [1.29, 1.82) is 0 Å². The number of hydrogen-bond acceptors (Lipinski definition) is 6. The minimum Gasteiger partial charge on any atom is -0.497 e. The summed E-state index contributed by atoms with van der Waals surface area (Å²) >= 11 is 0. The molecular formula is C32H36N6O2. The van der Waals surface area contributed by atoms with Gasteiger partial charge < -0.3 is 9.72 Å². The second-order valence-electron chi connectivity index (χ2n) is 10.3. The normalized spacial score (nSPS) is 12.2. The molecule has 0 aliphatic heterocycles. The van der Waals surface area contributed by atoms with Crippen LogP contribution in [0.2, 0.25) is 0 Å². The Kier molecular flexibility index (Phi) is 8.36. The maximum Gasteiger partial charge on any atom is 0.252 e. The van der Waals surface area contributed by atoms with Gasteiger partial charge in [-0.25, -0.2) is 4.68 Å². The van der Waals surface area contributed by atoms with Crippen LogP contribution < -0.4 is 10.3 Å². The molecule has 2 heterocycles. The molecule has 0 aliphatic rings. The molecule has 0 aliphatic carbocycles. The highest BCUT2D eigenvalue weighted by Gasteiger charge is 2.26. The van der Waals surface area contributed by atoms with Crippen molar-refractivity contribution < 1.29 is 4.74 Å². The predicted molar refractivity (Wildman–Crippen MR) is 157 cm³/mol.